The molecule has 2 aromatic rings. The summed E-state index contributed by atoms with van der Waals surface area (Å²) in [5.74, 6) is -0.561. The molecular formula is C13H14FN3O4S. The van der Waals surface area contributed by atoms with Gasteiger partial charge in [-0.05, 0) is 24.3 Å². The minimum atomic E-state index is -3.18. The molecule has 0 unspecified atom stereocenters. The summed E-state index contributed by atoms with van der Waals surface area (Å²) in [6.07, 6.45) is 0.936. The summed E-state index contributed by atoms with van der Waals surface area (Å²) in [5.41, 5.74) is 0.583. The van der Waals surface area contributed by atoms with Gasteiger partial charge in [-0.3, -0.25) is 4.79 Å². The van der Waals surface area contributed by atoms with E-state index >= 15 is 0 Å². The van der Waals surface area contributed by atoms with Crippen LogP contribution in [0.3, 0.4) is 0 Å². The number of aromatic nitrogens is 2. The number of hydrogen-bond acceptors (Lipinski definition) is 6. The van der Waals surface area contributed by atoms with Crippen molar-refractivity contribution in [2.45, 2.75) is 13.0 Å². The van der Waals surface area contributed by atoms with Gasteiger partial charge in [0.1, 0.15) is 15.7 Å². The summed E-state index contributed by atoms with van der Waals surface area (Å²) in [5, 5.41) is 6.21. The first-order chi connectivity index (χ1) is 10.3. The highest BCUT2D eigenvalue weighted by Crippen LogP contribution is 2.15. The largest absolute Gasteiger partial charge is 0.347 e. The number of hydrogen-bond donors (Lipinski definition) is 1. The lowest BCUT2D eigenvalue weighted by molar-refractivity contribution is -0.121. The molecule has 22 heavy (non-hydrogen) atoms. The topological polar surface area (TPSA) is 102 Å². The monoisotopic (exact) mass is 327 g/mol. The number of sulfone groups is 1. The lowest BCUT2D eigenvalue weighted by Crippen LogP contribution is -2.25. The predicted molar refractivity (Wildman–Crippen MR) is 75.9 cm³/mol. The molecule has 0 bridgehead atoms. The van der Waals surface area contributed by atoms with E-state index in [4.69, 9.17) is 4.52 Å². The van der Waals surface area contributed by atoms with Crippen LogP contribution in [0.1, 0.15) is 12.3 Å². The fraction of sp³-hybridized carbons (Fsp3) is 0.308. The van der Waals surface area contributed by atoms with Crippen LogP contribution in [0.4, 0.5) is 4.39 Å². The van der Waals surface area contributed by atoms with Crippen LogP contribution >= 0.6 is 0 Å². The van der Waals surface area contributed by atoms with Crippen LogP contribution in [0.2, 0.25) is 0 Å². The van der Waals surface area contributed by atoms with Crippen molar-refractivity contribution in [3.63, 3.8) is 0 Å². The smallest absolute Gasteiger partial charge is 0.246 e. The molecule has 9 heteroatoms. The molecule has 0 fully saturated rings. The first-order valence-corrected chi connectivity index (χ1v) is 8.42. The highest BCUT2D eigenvalue weighted by molar-refractivity contribution is 7.90. The molecule has 0 saturated carbocycles. The van der Waals surface area contributed by atoms with E-state index in [1.165, 1.54) is 24.3 Å². The van der Waals surface area contributed by atoms with Crippen LogP contribution in [-0.4, -0.2) is 36.5 Å². The van der Waals surface area contributed by atoms with Gasteiger partial charge in [0.15, 0.2) is 0 Å². The average Bonchev–Trinajstić information content (AvgIpc) is 2.92. The Balaban J connectivity index is 1.90. The molecular weight excluding hydrogens is 313 g/mol. The minimum Gasteiger partial charge on any atom is -0.347 e. The van der Waals surface area contributed by atoms with Gasteiger partial charge in [0, 0.05) is 18.2 Å². The molecule has 1 aromatic carbocycles. The Labute approximate surface area is 126 Å². The summed E-state index contributed by atoms with van der Waals surface area (Å²) < 4.78 is 39.7. The van der Waals surface area contributed by atoms with Gasteiger partial charge in [-0.1, -0.05) is 5.16 Å². The van der Waals surface area contributed by atoms with E-state index in [-0.39, 0.29) is 36.3 Å². The molecule has 1 N–H and O–H groups in total. The number of carbonyl (C=O) groups is 1. The number of halogens is 1. The Morgan fingerprint density at radius 3 is 2.64 bits per heavy atom. The highest BCUT2D eigenvalue weighted by Gasteiger charge is 2.11. The van der Waals surface area contributed by atoms with Crippen LogP contribution in [0.5, 0.6) is 0 Å². The summed E-state index contributed by atoms with van der Waals surface area (Å²) in [6, 6.07) is 5.57. The average molecular weight is 327 g/mol. The molecule has 0 spiro atoms. The fourth-order valence-electron chi connectivity index (χ4n) is 1.58. The summed E-state index contributed by atoms with van der Waals surface area (Å²) in [4.78, 5) is 15.5. The fourth-order valence-corrected chi connectivity index (χ4v) is 2.14. The van der Waals surface area contributed by atoms with Gasteiger partial charge < -0.3 is 9.84 Å². The molecule has 0 aliphatic rings. The molecule has 1 aromatic heterocycles. The SMILES string of the molecule is CS(=O)(=O)CCC(=O)NCc1nc(-c2ccc(F)cc2)no1. The van der Waals surface area contributed by atoms with Crippen LogP contribution in [0.15, 0.2) is 28.8 Å². The molecule has 1 heterocycles. The van der Waals surface area contributed by atoms with E-state index in [0.29, 0.717) is 5.56 Å². The molecule has 0 saturated heterocycles. The van der Waals surface area contributed by atoms with Crippen molar-refractivity contribution >= 4 is 15.7 Å². The molecule has 2 rings (SSSR count). The number of amides is 1. The van der Waals surface area contributed by atoms with E-state index in [9.17, 15) is 17.6 Å². The van der Waals surface area contributed by atoms with Gasteiger partial charge >= 0.3 is 0 Å². The van der Waals surface area contributed by atoms with Crippen LogP contribution in [0.25, 0.3) is 11.4 Å². The molecule has 0 radical (unpaired) electrons. The molecule has 7 nitrogen and oxygen atoms in total. The zero-order valence-corrected chi connectivity index (χ0v) is 12.6. The van der Waals surface area contributed by atoms with Gasteiger partial charge in [0.05, 0.1) is 12.3 Å². The van der Waals surface area contributed by atoms with Crippen LogP contribution < -0.4 is 5.32 Å². The Bertz CT molecular complexity index is 756. The summed E-state index contributed by atoms with van der Waals surface area (Å²) in [6.45, 7) is -0.00318. The maximum Gasteiger partial charge on any atom is 0.246 e. The first kappa shape index (κ1) is 16.1. The van der Waals surface area contributed by atoms with Crippen LogP contribution in [0, 0.1) is 5.82 Å². The van der Waals surface area contributed by atoms with Gasteiger partial charge in [-0.2, -0.15) is 4.98 Å². The number of rotatable bonds is 6. The van der Waals surface area contributed by atoms with E-state index in [1.54, 1.807) is 0 Å². The molecule has 118 valence electrons. The van der Waals surface area contributed by atoms with E-state index in [2.05, 4.69) is 15.5 Å². The third-order valence-electron chi connectivity index (χ3n) is 2.71. The van der Waals surface area contributed by atoms with Gasteiger partial charge in [0.2, 0.25) is 17.6 Å². The Morgan fingerprint density at radius 2 is 2.00 bits per heavy atom. The standard InChI is InChI=1S/C13H14FN3O4S/c1-22(19,20)7-6-11(18)15-8-12-16-13(17-21-12)9-2-4-10(14)5-3-9/h2-5H,6-8H2,1H3,(H,15,18). The van der Waals surface area contributed by atoms with Crippen molar-refractivity contribution in [1.82, 2.24) is 15.5 Å². The first-order valence-electron chi connectivity index (χ1n) is 6.36. The second-order valence-corrected chi connectivity index (χ2v) is 6.93. The number of carbonyl (C=O) groups excluding carboxylic acids is 1. The van der Waals surface area contributed by atoms with E-state index in [0.717, 1.165) is 6.26 Å². The maximum absolute atomic E-state index is 12.8. The van der Waals surface area contributed by atoms with Gasteiger partial charge in [0.25, 0.3) is 0 Å². The molecule has 1 amide bonds. The lowest BCUT2D eigenvalue weighted by atomic mass is 10.2. The maximum atomic E-state index is 12.8. The van der Waals surface area contributed by atoms with Crippen LogP contribution in [-0.2, 0) is 21.2 Å². The Kier molecular flexibility index (Phi) is 4.86. The third-order valence-corrected chi connectivity index (χ3v) is 3.65. The Hall–Kier alpha value is -2.29. The molecule has 0 aliphatic heterocycles. The second-order valence-electron chi connectivity index (χ2n) is 4.68. The summed E-state index contributed by atoms with van der Waals surface area (Å²) >= 11 is 0. The van der Waals surface area contributed by atoms with Crippen molar-refractivity contribution in [2.75, 3.05) is 12.0 Å². The summed E-state index contributed by atoms with van der Waals surface area (Å²) in [7, 11) is -3.18. The molecule has 0 atom stereocenters. The van der Waals surface area contributed by atoms with Gasteiger partial charge in [-0.15, -0.1) is 0 Å². The normalized spacial score (nSPS) is 11.4. The highest BCUT2D eigenvalue weighted by atomic mass is 32.2. The predicted octanol–water partition coefficient (Wildman–Crippen LogP) is 0.927. The molecule has 0 aliphatic carbocycles. The third kappa shape index (κ3) is 4.92. The number of nitrogens with zero attached hydrogens (tertiary/aromatic N) is 2. The van der Waals surface area contributed by atoms with Crippen molar-refractivity contribution in [2.24, 2.45) is 0 Å². The number of nitrogens with one attached hydrogen (secondary N) is 1. The number of benzene rings is 1. The minimum absolute atomic E-state index is 0.00318. The van der Waals surface area contributed by atoms with E-state index < -0.39 is 15.7 Å². The van der Waals surface area contributed by atoms with Crippen molar-refractivity contribution in [1.29, 1.82) is 0 Å². The second kappa shape index (κ2) is 6.65. The zero-order valence-electron chi connectivity index (χ0n) is 11.7. The zero-order chi connectivity index (χ0) is 16.2. The Morgan fingerprint density at radius 1 is 1.32 bits per heavy atom. The lowest BCUT2D eigenvalue weighted by Gasteiger charge is -2.00. The van der Waals surface area contributed by atoms with Crippen molar-refractivity contribution in [3.8, 4) is 11.4 Å². The van der Waals surface area contributed by atoms with Crippen molar-refractivity contribution in [3.05, 3.63) is 36.0 Å². The van der Waals surface area contributed by atoms with Gasteiger partial charge in [-0.25, -0.2) is 12.8 Å². The van der Waals surface area contributed by atoms with Crippen molar-refractivity contribution < 1.29 is 22.1 Å². The van der Waals surface area contributed by atoms with E-state index in [1.807, 2.05) is 0 Å². The quantitative estimate of drug-likeness (QED) is 0.846.